The van der Waals surface area contributed by atoms with E-state index in [1.54, 1.807) is 29.5 Å². The Kier molecular flexibility index (Phi) is 5.45. The molecule has 0 radical (unpaired) electrons. The van der Waals surface area contributed by atoms with Gasteiger partial charge in [0.2, 0.25) is 5.91 Å². The first-order valence-electron chi connectivity index (χ1n) is 8.65. The van der Waals surface area contributed by atoms with Crippen molar-refractivity contribution < 1.29 is 14.3 Å². The van der Waals surface area contributed by atoms with E-state index < -0.39 is 0 Å². The molecule has 0 spiro atoms. The number of anilines is 2. The molecular formula is C20H15Cl2N3O3S. The summed E-state index contributed by atoms with van der Waals surface area (Å²) in [6.07, 6.45) is 0. The topological polar surface area (TPSA) is 71.5 Å². The summed E-state index contributed by atoms with van der Waals surface area (Å²) in [5, 5.41) is 6.39. The molecule has 0 saturated carbocycles. The fourth-order valence-electron chi connectivity index (χ4n) is 2.95. The molecule has 148 valence electrons. The Labute approximate surface area is 181 Å². The molecule has 1 aromatic heterocycles. The second kappa shape index (κ2) is 8.02. The number of nitrogens with zero attached hydrogens (tertiary/aromatic N) is 2. The van der Waals surface area contributed by atoms with Crippen LogP contribution in [0.2, 0.25) is 10.0 Å². The summed E-state index contributed by atoms with van der Waals surface area (Å²) < 4.78 is 5.52. The molecule has 2 aromatic carbocycles. The summed E-state index contributed by atoms with van der Waals surface area (Å²) in [6, 6.07) is 10.3. The lowest BCUT2D eigenvalue weighted by atomic mass is 10.1. The first kappa shape index (κ1) is 19.7. The maximum absolute atomic E-state index is 12.6. The Morgan fingerprint density at radius 3 is 2.83 bits per heavy atom. The van der Waals surface area contributed by atoms with Gasteiger partial charge in [-0.15, -0.1) is 11.3 Å². The first-order valence-corrected chi connectivity index (χ1v) is 10.3. The Morgan fingerprint density at radius 1 is 1.28 bits per heavy atom. The third-order valence-electron chi connectivity index (χ3n) is 4.32. The number of fused-ring (bicyclic) bond motifs is 1. The fraction of sp³-hybridized carbons (Fsp3) is 0.150. The van der Waals surface area contributed by atoms with Crippen LogP contribution in [0.5, 0.6) is 5.75 Å². The van der Waals surface area contributed by atoms with Crippen LogP contribution >= 0.6 is 34.5 Å². The maximum atomic E-state index is 12.6. The highest BCUT2D eigenvalue weighted by Crippen LogP contribution is 2.36. The van der Waals surface area contributed by atoms with E-state index in [9.17, 15) is 9.59 Å². The van der Waals surface area contributed by atoms with Crippen molar-refractivity contribution in [2.45, 2.75) is 6.92 Å². The van der Waals surface area contributed by atoms with Crippen molar-refractivity contribution in [3.8, 4) is 17.0 Å². The first-order chi connectivity index (χ1) is 13.9. The van der Waals surface area contributed by atoms with E-state index in [-0.39, 0.29) is 25.0 Å². The van der Waals surface area contributed by atoms with E-state index in [4.69, 9.17) is 27.9 Å². The number of rotatable bonds is 4. The van der Waals surface area contributed by atoms with Crippen molar-refractivity contribution in [1.29, 1.82) is 0 Å². The molecule has 2 amide bonds. The molecule has 0 atom stereocenters. The van der Waals surface area contributed by atoms with E-state index >= 15 is 0 Å². The van der Waals surface area contributed by atoms with Gasteiger partial charge in [0.1, 0.15) is 12.3 Å². The number of aromatic nitrogens is 1. The third kappa shape index (κ3) is 4.22. The number of thiazole rings is 1. The summed E-state index contributed by atoms with van der Waals surface area (Å²) in [7, 11) is 0. The standard InChI is InChI=1S/C20H15Cl2N3O3S/c1-11-23-16(10-29-11)12-2-5-18-17(6-12)25(20(27)9-28-18)8-19(26)24-15-4-3-13(21)7-14(15)22/h2-7,10H,8-9H2,1H3,(H,24,26). The Balaban J connectivity index is 1.59. The number of carbonyl (C=O) groups excluding carboxylic acids is 2. The van der Waals surface area contributed by atoms with Crippen molar-refractivity contribution in [3.63, 3.8) is 0 Å². The zero-order valence-electron chi connectivity index (χ0n) is 15.2. The lowest BCUT2D eigenvalue weighted by molar-refractivity contribution is -0.123. The highest BCUT2D eigenvalue weighted by Gasteiger charge is 2.28. The van der Waals surface area contributed by atoms with Crippen LogP contribution in [0.15, 0.2) is 41.8 Å². The van der Waals surface area contributed by atoms with Crippen LogP contribution in [-0.4, -0.2) is 29.9 Å². The monoisotopic (exact) mass is 447 g/mol. The molecule has 1 aliphatic heterocycles. The summed E-state index contributed by atoms with van der Waals surface area (Å²) in [4.78, 5) is 30.9. The summed E-state index contributed by atoms with van der Waals surface area (Å²) in [5.41, 5.74) is 2.61. The highest BCUT2D eigenvalue weighted by molar-refractivity contribution is 7.09. The Morgan fingerprint density at radius 2 is 2.10 bits per heavy atom. The van der Waals surface area contributed by atoms with Crippen LogP contribution in [0.3, 0.4) is 0 Å². The van der Waals surface area contributed by atoms with Gasteiger partial charge in [0.15, 0.2) is 6.61 Å². The average Bonchev–Trinajstić information content (AvgIpc) is 3.12. The van der Waals surface area contributed by atoms with Gasteiger partial charge in [-0.25, -0.2) is 4.98 Å². The lowest BCUT2D eigenvalue weighted by Crippen LogP contribution is -2.43. The Bertz CT molecular complexity index is 1120. The number of aryl methyl sites for hydroxylation is 1. The van der Waals surface area contributed by atoms with E-state index in [1.807, 2.05) is 24.4 Å². The molecule has 1 aliphatic rings. The molecule has 9 heteroatoms. The predicted octanol–water partition coefficient (Wildman–Crippen LogP) is 4.79. The molecule has 2 heterocycles. The van der Waals surface area contributed by atoms with Crippen molar-refractivity contribution in [2.75, 3.05) is 23.4 Å². The van der Waals surface area contributed by atoms with Crippen LogP contribution in [0, 0.1) is 6.92 Å². The van der Waals surface area contributed by atoms with Crippen LogP contribution in [0.4, 0.5) is 11.4 Å². The normalized spacial score (nSPS) is 13.1. The van der Waals surface area contributed by atoms with Crippen LogP contribution in [0.1, 0.15) is 5.01 Å². The van der Waals surface area contributed by atoms with E-state index in [0.29, 0.717) is 27.2 Å². The van der Waals surface area contributed by atoms with Gasteiger partial charge in [-0.1, -0.05) is 23.2 Å². The highest BCUT2D eigenvalue weighted by atomic mass is 35.5. The van der Waals surface area contributed by atoms with E-state index in [2.05, 4.69) is 10.3 Å². The smallest absolute Gasteiger partial charge is 0.265 e. The molecular weight excluding hydrogens is 433 g/mol. The number of carbonyl (C=O) groups is 2. The second-order valence-corrected chi connectivity index (χ2v) is 8.28. The summed E-state index contributed by atoms with van der Waals surface area (Å²) >= 11 is 13.5. The van der Waals surface area contributed by atoms with Crippen molar-refractivity contribution in [2.24, 2.45) is 0 Å². The molecule has 0 aliphatic carbocycles. The van der Waals surface area contributed by atoms with Crippen molar-refractivity contribution in [1.82, 2.24) is 4.98 Å². The van der Waals surface area contributed by atoms with Gasteiger partial charge in [-0.05, 0) is 43.3 Å². The third-order valence-corrected chi connectivity index (χ3v) is 5.64. The maximum Gasteiger partial charge on any atom is 0.265 e. The van der Waals surface area contributed by atoms with Crippen molar-refractivity contribution >= 4 is 57.7 Å². The number of amides is 2. The number of ether oxygens (including phenoxy) is 1. The average molecular weight is 448 g/mol. The lowest BCUT2D eigenvalue weighted by Gasteiger charge is -2.29. The number of hydrogen-bond donors (Lipinski definition) is 1. The minimum atomic E-state index is -0.384. The number of nitrogens with one attached hydrogen (secondary N) is 1. The van der Waals surface area contributed by atoms with Gasteiger partial charge < -0.3 is 10.1 Å². The summed E-state index contributed by atoms with van der Waals surface area (Å²) in [6.45, 7) is 1.63. The van der Waals surface area contributed by atoms with Crippen LogP contribution in [-0.2, 0) is 9.59 Å². The fourth-order valence-corrected chi connectivity index (χ4v) is 4.03. The molecule has 0 bridgehead atoms. The molecule has 4 rings (SSSR count). The predicted molar refractivity (Wildman–Crippen MR) is 115 cm³/mol. The molecule has 1 N–H and O–H groups in total. The molecule has 29 heavy (non-hydrogen) atoms. The molecule has 0 fully saturated rings. The van der Waals surface area contributed by atoms with Gasteiger partial charge >= 0.3 is 0 Å². The summed E-state index contributed by atoms with van der Waals surface area (Å²) in [5.74, 6) is -0.149. The van der Waals surface area contributed by atoms with Gasteiger partial charge in [0.25, 0.3) is 5.91 Å². The van der Waals surface area contributed by atoms with Crippen molar-refractivity contribution in [3.05, 3.63) is 56.8 Å². The minimum Gasteiger partial charge on any atom is -0.482 e. The molecule has 3 aromatic rings. The quantitative estimate of drug-likeness (QED) is 0.623. The van der Waals surface area contributed by atoms with E-state index in [1.165, 1.54) is 11.0 Å². The van der Waals surface area contributed by atoms with Gasteiger partial charge in [0, 0.05) is 16.0 Å². The number of halogens is 2. The van der Waals surface area contributed by atoms with Crippen LogP contribution in [0.25, 0.3) is 11.3 Å². The zero-order chi connectivity index (χ0) is 20.5. The largest absolute Gasteiger partial charge is 0.482 e. The SMILES string of the molecule is Cc1nc(-c2ccc3c(c2)N(CC(=O)Nc2ccc(Cl)cc2Cl)C(=O)CO3)cs1. The van der Waals surface area contributed by atoms with Gasteiger partial charge in [-0.2, -0.15) is 0 Å². The van der Waals surface area contributed by atoms with Gasteiger partial charge in [-0.3, -0.25) is 14.5 Å². The van der Waals surface area contributed by atoms with E-state index in [0.717, 1.165) is 16.3 Å². The van der Waals surface area contributed by atoms with Gasteiger partial charge in [0.05, 0.1) is 27.1 Å². The molecule has 6 nitrogen and oxygen atoms in total. The second-order valence-electron chi connectivity index (χ2n) is 6.38. The molecule has 0 saturated heterocycles. The molecule has 0 unspecified atom stereocenters. The minimum absolute atomic E-state index is 0.128. The Hall–Kier alpha value is -2.61. The number of hydrogen-bond acceptors (Lipinski definition) is 5. The zero-order valence-corrected chi connectivity index (χ0v) is 17.6. The van der Waals surface area contributed by atoms with Crippen LogP contribution < -0.4 is 15.0 Å². The number of benzene rings is 2.